The molecule has 1 aromatic carbocycles. The monoisotopic (exact) mass is 504 g/mol. The zero-order valence-electron chi connectivity index (χ0n) is 20.3. The number of phenols is 1. The molecule has 4 heterocycles. The Kier molecular flexibility index (Phi) is 5.58. The molecular formula is C28H28N2O3S2. The average molecular weight is 505 g/mol. The third kappa shape index (κ3) is 3.95. The van der Waals surface area contributed by atoms with Crippen LogP contribution in [0.15, 0.2) is 35.9 Å². The summed E-state index contributed by atoms with van der Waals surface area (Å²) in [5, 5.41) is 29.8. The summed E-state index contributed by atoms with van der Waals surface area (Å²) in [4.78, 5) is 17.4. The van der Waals surface area contributed by atoms with Crippen molar-refractivity contribution in [3.05, 3.63) is 51.9 Å². The lowest BCUT2D eigenvalue weighted by Crippen LogP contribution is -2.44. The van der Waals surface area contributed by atoms with Crippen molar-refractivity contribution in [3.8, 4) is 32.0 Å². The number of carboxylic acid groups (broad SMARTS) is 1. The molecule has 2 N–H and O–H groups in total. The first-order chi connectivity index (χ1) is 16.5. The lowest BCUT2D eigenvalue weighted by Gasteiger charge is -2.48. The molecule has 5 rings (SSSR count). The third-order valence-corrected chi connectivity index (χ3v) is 9.73. The van der Waals surface area contributed by atoms with Crippen LogP contribution in [0.4, 0.5) is 5.69 Å². The molecule has 0 amide bonds. The first-order valence-electron chi connectivity index (χ1n) is 11.7. The number of carboxylic acids is 1. The molecule has 0 radical (unpaired) electrons. The topological polar surface area (TPSA) is 84.6 Å². The Labute approximate surface area is 213 Å². The van der Waals surface area contributed by atoms with E-state index in [1.54, 1.807) is 17.4 Å². The fourth-order valence-corrected chi connectivity index (χ4v) is 7.29. The molecule has 0 atom stereocenters. The molecular weight excluding hydrogens is 476 g/mol. The lowest BCUT2D eigenvalue weighted by atomic mass is 9.68. The number of hydrogen-bond donors (Lipinski definition) is 2. The first-order valence-corrected chi connectivity index (χ1v) is 13.4. The summed E-state index contributed by atoms with van der Waals surface area (Å²) in [5.74, 6) is -0.836. The lowest BCUT2D eigenvalue weighted by molar-refractivity contribution is -0.132. The second-order valence-corrected chi connectivity index (χ2v) is 12.8. The summed E-state index contributed by atoms with van der Waals surface area (Å²) in [7, 11) is 0. The van der Waals surface area contributed by atoms with Crippen molar-refractivity contribution < 1.29 is 15.0 Å². The van der Waals surface area contributed by atoms with Crippen molar-refractivity contribution in [2.24, 2.45) is 0 Å². The third-order valence-electron chi connectivity index (χ3n) is 7.39. The SMILES string of the molecule is CC1(C)CCN2CCC(C)(C)c3c(O)c(-c4ccc(-c5ccc(/C=C(\C#N)C(=O)O)s5)s4)cc1c32. The number of anilines is 1. The van der Waals surface area contributed by atoms with Gasteiger partial charge in [-0.05, 0) is 65.6 Å². The summed E-state index contributed by atoms with van der Waals surface area (Å²) in [6.07, 6.45) is 3.51. The minimum atomic E-state index is -1.22. The van der Waals surface area contributed by atoms with Gasteiger partial charge < -0.3 is 15.1 Å². The van der Waals surface area contributed by atoms with Gasteiger partial charge in [0.1, 0.15) is 17.4 Å². The minimum absolute atomic E-state index is 0.0358. The predicted molar refractivity (Wildman–Crippen MR) is 143 cm³/mol. The van der Waals surface area contributed by atoms with Crippen LogP contribution < -0.4 is 4.90 Å². The number of aromatic hydroxyl groups is 1. The Hall–Kier alpha value is -3.08. The fourth-order valence-electron chi connectivity index (χ4n) is 5.22. The van der Waals surface area contributed by atoms with Gasteiger partial charge in [-0.15, -0.1) is 22.7 Å². The molecule has 0 spiro atoms. The van der Waals surface area contributed by atoms with E-state index in [0.717, 1.165) is 56.6 Å². The number of thiophene rings is 2. The van der Waals surface area contributed by atoms with E-state index < -0.39 is 5.97 Å². The standard InChI is InChI=1S/C28H28N2O3S2/c1-27(2)9-11-30-12-10-28(3,4)23-24(30)19(27)14-18(25(23)31)20-7-8-22(35-20)21-6-5-17(34-21)13-16(15-29)26(32)33/h5-8,13-14,31H,9-12H2,1-4H3,(H,32,33)/b16-13+. The van der Waals surface area contributed by atoms with Crippen molar-refractivity contribution in [3.63, 3.8) is 0 Å². The Morgan fingerprint density at radius 1 is 1.03 bits per heavy atom. The molecule has 180 valence electrons. The maximum atomic E-state index is 11.6. The molecule has 3 aromatic rings. The molecule has 0 unspecified atom stereocenters. The van der Waals surface area contributed by atoms with E-state index in [-0.39, 0.29) is 16.4 Å². The molecule has 2 aliphatic heterocycles. The fraction of sp³-hybridized carbons (Fsp3) is 0.357. The zero-order valence-corrected chi connectivity index (χ0v) is 21.9. The number of nitriles is 1. The van der Waals surface area contributed by atoms with E-state index in [1.165, 1.54) is 28.7 Å². The number of nitrogens with zero attached hydrogens (tertiary/aromatic N) is 2. The van der Waals surface area contributed by atoms with Gasteiger partial charge in [-0.25, -0.2) is 4.79 Å². The van der Waals surface area contributed by atoms with E-state index in [1.807, 2.05) is 12.1 Å². The maximum absolute atomic E-state index is 11.6. The van der Waals surface area contributed by atoms with Crippen LogP contribution in [0.25, 0.3) is 26.3 Å². The van der Waals surface area contributed by atoms with Gasteiger partial charge in [0, 0.05) is 49.4 Å². The number of hydrogen-bond acceptors (Lipinski definition) is 6. The molecule has 35 heavy (non-hydrogen) atoms. The summed E-state index contributed by atoms with van der Waals surface area (Å²) >= 11 is 3.07. The summed E-state index contributed by atoms with van der Waals surface area (Å²) in [6, 6.07) is 11.8. The Morgan fingerprint density at radius 2 is 1.66 bits per heavy atom. The first kappa shape index (κ1) is 23.7. The molecule has 0 saturated carbocycles. The van der Waals surface area contributed by atoms with Crippen LogP contribution in [0.2, 0.25) is 0 Å². The Balaban J connectivity index is 1.59. The predicted octanol–water partition coefficient (Wildman–Crippen LogP) is 7.01. The molecule has 7 heteroatoms. The average Bonchev–Trinajstić information content (AvgIpc) is 3.45. The highest BCUT2D eigenvalue weighted by molar-refractivity contribution is 7.24. The molecule has 0 bridgehead atoms. The Morgan fingerprint density at radius 3 is 2.34 bits per heavy atom. The number of aliphatic carboxylic acids is 1. The van der Waals surface area contributed by atoms with Gasteiger partial charge in [0.15, 0.2) is 0 Å². The van der Waals surface area contributed by atoms with Crippen molar-refractivity contribution in [1.29, 1.82) is 5.26 Å². The highest BCUT2D eigenvalue weighted by Crippen LogP contribution is 2.55. The smallest absolute Gasteiger partial charge is 0.346 e. The van der Waals surface area contributed by atoms with Gasteiger partial charge >= 0.3 is 5.97 Å². The van der Waals surface area contributed by atoms with Crippen LogP contribution >= 0.6 is 22.7 Å². The van der Waals surface area contributed by atoms with Crippen LogP contribution in [0.5, 0.6) is 5.75 Å². The van der Waals surface area contributed by atoms with Crippen LogP contribution in [0.1, 0.15) is 56.5 Å². The van der Waals surface area contributed by atoms with Crippen LogP contribution in [0, 0.1) is 11.3 Å². The van der Waals surface area contributed by atoms with Crippen molar-refractivity contribution in [1.82, 2.24) is 0 Å². The van der Waals surface area contributed by atoms with E-state index in [9.17, 15) is 9.90 Å². The van der Waals surface area contributed by atoms with Crippen LogP contribution in [-0.4, -0.2) is 29.3 Å². The highest BCUT2D eigenvalue weighted by Gasteiger charge is 2.42. The Bertz CT molecular complexity index is 1420. The van der Waals surface area contributed by atoms with E-state index in [0.29, 0.717) is 5.75 Å². The quantitative estimate of drug-likeness (QED) is 0.295. The summed E-state index contributed by atoms with van der Waals surface area (Å²) in [6.45, 7) is 11.1. The second kappa shape index (κ2) is 8.25. The molecule has 2 aromatic heterocycles. The second-order valence-electron chi connectivity index (χ2n) is 10.6. The molecule has 2 aliphatic rings. The molecule has 0 saturated heterocycles. The summed E-state index contributed by atoms with van der Waals surface area (Å²) in [5.41, 5.74) is 4.15. The van der Waals surface area contributed by atoms with Gasteiger partial charge in [-0.1, -0.05) is 27.7 Å². The van der Waals surface area contributed by atoms with Crippen molar-refractivity contribution in [2.75, 3.05) is 18.0 Å². The van der Waals surface area contributed by atoms with Crippen LogP contribution in [0.3, 0.4) is 0 Å². The van der Waals surface area contributed by atoms with Gasteiger partial charge in [0.2, 0.25) is 0 Å². The van der Waals surface area contributed by atoms with Crippen LogP contribution in [-0.2, 0) is 15.6 Å². The van der Waals surface area contributed by atoms with Crippen molar-refractivity contribution in [2.45, 2.75) is 51.4 Å². The van der Waals surface area contributed by atoms with Gasteiger partial charge in [-0.3, -0.25) is 0 Å². The number of carbonyl (C=O) groups is 1. The van der Waals surface area contributed by atoms with Gasteiger partial charge in [0.25, 0.3) is 0 Å². The normalized spacial score (nSPS) is 18.1. The molecule has 0 aliphatic carbocycles. The van der Waals surface area contributed by atoms with E-state index >= 15 is 0 Å². The number of rotatable bonds is 4. The number of phenolic OH excluding ortho intramolecular Hbond substituents is 1. The van der Waals surface area contributed by atoms with E-state index in [4.69, 9.17) is 10.4 Å². The van der Waals surface area contributed by atoms with Gasteiger partial charge in [-0.2, -0.15) is 5.26 Å². The van der Waals surface area contributed by atoms with E-state index in [2.05, 4.69) is 50.8 Å². The largest absolute Gasteiger partial charge is 0.507 e. The summed E-state index contributed by atoms with van der Waals surface area (Å²) < 4.78 is 0. The highest BCUT2D eigenvalue weighted by atomic mass is 32.1. The molecule has 5 nitrogen and oxygen atoms in total. The van der Waals surface area contributed by atoms with Gasteiger partial charge in [0.05, 0.1) is 0 Å². The van der Waals surface area contributed by atoms with Crippen molar-refractivity contribution >= 4 is 40.4 Å². The maximum Gasteiger partial charge on any atom is 0.346 e. The molecule has 0 fully saturated rings. The number of benzene rings is 1. The minimum Gasteiger partial charge on any atom is -0.507 e. The zero-order chi connectivity index (χ0) is 25.1.